The van der Waals surface area contributed by atoms with Gasteiger partial charge in [0.25, 0.3) is 0 Å². The van der Waals surface area contributed by atoms with Crippen LogP contribution in [0.5, 0.6) is 0 Å². The summed E-state index contributed by atoms with van der Waals surface area (Å²) in [6.45, 7) is 0.671. The molecule has 0 fully saturated rings. The zero-order valence-corrected chi connectivity index (χ0v) is 12.2. The Morgan fingerprint density at radius 2 is 2.15 bits per heavy atom. The van der Waals surface area contributed by atoms with E-state index >= 15 is 0 Å². The van der Waals surface area contributed by atoms with Crippen molar-refractivity contribution >= 4 is 27.0 Å². The van der Waals surface area contributed by atoms with Crippen LogP contribution in [0.2, 0.25) is 0 Å². The summed E-state index contributed by atoms with van der Waals surface area (Å²) in [5.74, 6) is 0. The van der Waals surface area contributed by atoms with Gasteiger partial charge in [-0.25, -0.2) is 13.6 Å². The van der Waals surface area contributed by atoms with Crippen molar-refractivity contribution in [3.8, 4) is 6.07 Å². The van der Waals surface area contributed by atoms with Gasteiger partial charge in [-0.3, -0.25) is 0 Å². The fourth-order valence-corrected chi connectivity index (χ4v) is 2.97. The number of nitrogens with zero attached hydrogens (tertiary/aromatic N) is 1. The van der Waals surface area contributed by atoms with E-state index in [1.165, 1.54) is 17.0 Å². The lowest BCUT2D eigenvalue weighted by molar-refractivity contribution is 0.598. The van der Waals surface area contributed by atoms with Gasteiger partial charge in [-0.15, -0.1) is 11.3 Å². The molecule has 5 nitrogen and oxygen atoms in total. The molecule has 7 heteroatoms. The molecule has 1 aromatic carbocycles. The molecule has 1 heterocycles. The molecule has 0 unspecified atom stereocenters. The molecule has 1 aromatic heterocycles. The van der Waals surface area contributed by atoms with Gasteiger partial charge in [-0.05, 0) is 36.1 Å². The standard InChI is InChI=1S/C13H13N3O2S2/c14-9-10-8-12(20(15,17)18)3-4-13(10)16-6-5-11-2-1-7-19-11/h1-4,7-8,16H,5-6H2,(H2,15,17,18). The minimum atomic E-state index is -3.79. The molecule has 0 aliphatic heterocycles. The molecule has 0 saturated heterocycles. The van der Waals surface area contributed by atoms with Crippen molar-refractivity contribution < 1.29 is 8.42 Å². The van der Waals surface area contributed by atoms with Crippen LogP contribution in [0.25, 0.3) is 0 Å². The van der Waals surface area contributed by atoms with E-state index in [0.717, 1.165) is 6.42 Å². The molecule has 0 aliphatic carbocycles. The predicted molar refractivity (Wildman–Crippen MR) is 79.0 cm³/mol. The molecular formula is C13H13N3O2S2. The largest absolute Gasteiger partial charge is 0.384 e. The Balaban J connectivity index is 2.10. The summed E-state index contributed by atoms with van der Waals surface area (Å²) in [5.41, 5.74) is 0.874. The van der Waals surface area contributed by atoms with Crippen molar-refractivity contribution in [2.75, 3.05) is 11.9 Å². The third-order valence-corrected chi connectivity index (χ3v) is 4.55. The van der Waals surface area contributed by atoms with Gasteiger partial charge < -0.3 is 5.32 Å². The van der Waals surface area contributed by atoms with Gasteiger partial charge in [-0.2, -0.15) is 5.26 Å². The summed E-state index contributed by atoms with van der Waals surface area (Å²) in [6.07, 6.45) is 0.847. The maximum absolute atomic E-state index is 11.2. The number of hydrogen-bond donors (Lipinski definition) is 2. The van der Waals surface area contributed by atoms with Gasteiger partial charge in [0, 0.05) is 11.4 Å². The Bertz CT molecular complexity index is 731. The summed E-state index contributed by atoms with van der Waals surface area (Å²) in [7, 11) is -3.79. The lowest BCUT2D eigenvalue weighted by Gasteiger charge is -2.08. The smallest absolute Gasteiger partial charge is 0.238 e. The number of nitrogens with one attached hydrogen (secondary N) is 1. The molecule has 0 aliphatic rings. The molecule has 0 spiro atoms. The van der Waals surface area contributed by atoms with E-state index in [1.807, 2.05) is 23.6 Å². The molecule has 0 amide bonds. The molecule has 2 aromatic rings. The SMILES string of the molecule is N#Cc1cc(S(N)(=O)=O)ccc1NCCc1cccs1. The van der Waals surface area contributed by atoms with E-state index < -0.39 is 10.0 Å². The van der Waals surface area contributed by atoms with Crippen molar-refractivity contribution in [3.63, 3.8) is 0 Å². The van der Waals surface area contributed by atoms with Gasteiger partial charge in [0.2, 0.25) is 10.0 Å². The van der Waals surface area contributed by atoms with E-state index in [-0.39, 0.29) is 10.5 Å². The fourth-order valence-electron chi connectivity index (χ4n) is 1.72. The van der Waals surface area contributed by atoms with Crippen LogP contribution in [0.1, 0.15) is 10.4 Å². The highest BCUT2D eigenvalue weighted by atomic mass is 32.2. The van der Waals surface area contributed by atoms with Gasteiger partial charge in [0.05, 0.1) is 16.1 Å². The molecular weight excluding hydrogens is 294 g/mol. The minimum Gasteiger partial charge on any atom is -0.384 e. The number of hydrogen-bond acceptors (Lipinski definition) is 5. The van der Waals surface area contributed by atoms with Gasteiger partial charge in [-0.1, -0.05) is 6.07 Å². The molecule has 0 atom stereocenters. The highest BCUT2D eigenvalue weighted by molar-refractivity contribution is 7.89. The van der Waals surface area contributed by atoms with E-state index in [4.69, 9.17) is 10.4 Å². The van der Waals surface area contributed by atoms with Crippen molar-refractivity contribution in [2.45, 2.75) is 11.3 Å². The first-order valence-corrected chi connectivity index (χ1v) is 8.26. The molecule has 0 bridgehead atoms. The molecule has 3 N–H and O–H groups in total. The summed E-state index contributed by atoms with van der Waals surface area (Å²) in [4.78, 5) is 1.19. The Morgan fingerprint density at radius 3 is 2.75 bits per heavy atom. The van der Waals surface area contributed by atoms with Gasteiger partial charge in [0.1, 0.15) is 6.07 Å². The Morgan fingerprint density at radius 1 is 1.35 bits per heavy atom. The molecule has 2 rings (SSSR count). The second-order valence-electron chi connectivity index (χ2n) is 4.12. The normalized spacial score (nSPS) is 11.0. The predicted octanol–water partition coefficient (Wildman–Crippen LogP) is 1.92. The third kappa shape index (κ3) is 3.57. The average molecular weight is 307 g/mol. The van der Waals surface area contributed by atoms with Crippen LogP contribution in [0.15, 0.2) is 40.6 Å². The number of nitriles is 1. The lowest BCUT2D eigenvalue weighted by Crippen LogP contribution is -2.13. The number of thiophene rings is 1. The molecule has 0 saturated carbocycles. The maximum atomic E-state index is 11.2. The third-order valence-electron chi connectivity index (χ3n) is 2.71. The minimum absolute atomic E-state index is 0.0575. The zero-order chi connectivity index (χ0) is 14.6. The monoisotopic (exact) mass is 307 g/mol. The Hall–Kier alpha value is -1.88. The van der Waals surface area contributed by atoms with Gasteiger partial charge >= 0.3 is 0 Å². The lowest BCUT2D eigenvalue weighted by atomic mass is 10.2. The molecule has 0 radical (unpaired) electrons. The van der Waals surface area contributed by atoms with E-state index in [1.54, 1.807) is 17.4 Å². The first-order chi connectivity index (χ1) is 9.50. The van der Waals surface area contributed by atoms with Crippen LogP contribution in [0.3, 0.4) is 0 Å². The maximum Gasteiger partial charge on any atom is 0.238 e. The van der Waals surface area contributed by atoms with Crippen LogP contribution in [0, 0.1) is 11.3 Å². The molecule has 104 valence electrons. The quantitative estimate of drug-likeness (QED) is 0.882. The number of sulfonamides is 1. The highest BCUT2D eigenvalue weighted by Crippen LogP contribution is 2.19. The van der Waals surface area contributed by atoms with Crippen LogP contribution in [0.4, 0.5) is 5.69 Å². The Kier molecular flexibility index (Phi) is 4.39. The summed E-state index contributed by atoms with van der Waals surface area (Å²) in [5, 5.41) is 19.2. The van der Waals surface area contributed by atoms with Crippen LogP contribution in [-0.4, -0.2) is 15.0 Å². The Labute approximate surface area is 121 Å². The van der Waals surface area contributed by atoms with Crippen molar-refractivity contribution in [3.05, 3.63) is 46.2 Å². The van der Waals surface area contributed by atoms with E-state index in [2.05, 4.69) is 5.32 Å². The first-order valence-electron chi connectivity index (χ1n) is 5.84. The summed E-state index contributed by atoms with van der Waals surface area (Å²) >= 11 is 1.67. The van der Waals surface area contributed by atoms with Crippen molar-refractivity contribution in [2.24, 2.45) is 5.14 Å². The highest BCUT2D eigenvalue weighted by Gasteiger charge is 2.11. The fraction of sp³-hybridized carbons (Fsp3) is 0.154. The van der Waals surface area contributed by atoms with Crippen molar-refractivity contribution in [1.29, 1.82) is 5.26 Å². The van der Waals surface area contributed by atoms with E-state index in [0.29, 0.717) is 12.2 Å². The second-order valence-corrected chi connectivity index (χ2v) is 6.71. The first kappa shape index (κ1) is 14.5. The van der Waals surface area contributed by atoms with Gasteiger partial charge in [0.15, 0.2) is 0 Å². The number of nitrogens with two attached hydrogens (primary N) is 1. The van der Waals surface area contributed by atoms with Crippen LogP contribution in [-0.2, 0) is 16.4 Å². The number of anilines is 1. The van der Waals surface area contributed by atoms with Crippen LogP contribution >= 0.6 is 11.3 Å². The van der Waals surface area contributed by atoms with Crippen LogP contribution < -0.4 is 10.5 Å². The topological polar surface area (TPSA) is 96.0 Å². The second kappa shape index (κ2) is 6.05. The average Bonchev–Trinajstić information content (AvgIpc) is 2.91. The zero-order valence-electron chi connectivity index (χ0n) is 10.5. The summed E-state index contributed by atoms with van der Waals surface area (Å²) < 4.78 is 22.5. The van der Waals surface area contributed by atoms with Crippen molar-refractivity contribution in [1.82, 2.24) is 0 Å². The number of rotatable bonds is 5. The number of benzene rings is 1. The molecule has 20 heavy (non-hydrogen) atoms. The van der Waals surface area contributed by atoms with E-state index in [9.17, 15) is 8.42 Å². The number of primary sulfonamides is 1. The summed E-state index contributed by atoms with van der Waals surface area (Å²) in [6, 6.07) is 10.2.